The minimum atomic E-state index is -4.77. The number of rotatable bonds is 4. The third kappa shape index (κ3) is 4.02. The summed E-state index contributed by atoms with van der Waals surface area (Å²) < 4.78 is 78.3. The van der Waals surface area contributed by atoms with Crippen LogP contribution in [0.3, 0.4) is 0 Å². The van der Waals surface area contributed by atoms with E-state index >= 15 is 0 Å². The zero-order valence-corrected chi connectivity index (χ0v) is 11.6. The first-order valence-electron chi connectivity index (χ1n) is 6.32. The number of hydrogen-bond acceptors (Lipinski definition) is 4. The molecular formula is C13H10F6N4. The molecule has 0 aliphatic carbocycles. The van der Waals surface area contributed by atoms with E-state index < -0.39 is 40.8 Å². The van der Waals surface area contributed by atoms with Gasteiger partial charge in [0.15, 0.2) is 17.3 Å². The minimum Gasteiger partial charge on any atom is -0.354 e. The highest BCUT2D eigenvalue weighted by atomic mass is 19.4. The van der Waals surface area contributed by atoms with Gasteiger partial charge >= 0.3 is 6.18 Å². The summed E-state index contributed by atoms with van der Waals surface area (Å²) in [5.41, 5.74) is -2.12. The molecule has 1 aromatic carbocycles. The van der Waals surface area contributed by atoms with Gasteiger partial charge in [0.05, 0.1) is 0 Å². The van der Waals surface area contributed by atoms with Gasteiger partial charge in [0.25, 0.3) is 0 Å². The summed E-state index contributed by atoms with van der Waals surface area (Å²) in [6.07, 6.45) is -4.77. The van der Waals surface area contributed by atoms with Gasteiger partial charge in [0, 0.05) is 24.7 Å². The van der Waals surface area contributed by atoms with E-state index in [1.807, 2.05) is 0 Å². The summed E-state index contributed by atoms with van der Waals surface area (Å²) in [7, 11) is 0. The molecule has 0 unspecified atom stereocenters. The van der Waals surface area contributed by atoms with Crippen molar-refractivity contribution in [2.45, 2.75) is 13.1 Å². The van der Waals surface area contributed by atoms with Crippen LogP contribution in [-0.4, -0.2) is 16.5 Å². The van der Waals surface area contributed by atoms with Gasteiger partial charge in [-0.3, -0.25) is 0 Å². The van der Waals surface area contributed by atoms with Crippen molar-refractivity contribution in [2.24, 2.45) is 0 Å². The molecule has 2 N–H and O–H groups in total. The van der Waals surface area contributed by atoms with E-state index in [2.05, 4.69) is 20.6 Å². The first-order valence-corrected chi connectivity index (χ1v) is 6.32. The maximum Gasteiger partial charge on any atom is 0.433 e. The van der Waals surface area contributed by atoms with Gasteiger partial charge < -0.3 is 10.6 Å². The van der Waals surface area contributed by atoms with Crippen LogP contribution >= 0.6 is 0 Å². The maximum atomic E-state index is 13.6. The number of halogens is 6. The van der Waals surface area contributed by atoms with E-state index in [1.54, 1.807) is 6.92 Å². The molecule has 2 rings (SSSR count). The van der Waals surface area contributed by atoms with Crippen LogP contribution in [0.25, 0.3) is 0 Å². The summed E-state index contributed by atoms with van der Waals surface area (Å²) >= 11 is 0. The van der Waals surface area contributed by atoms with Gasteiger partial charge in [-0.15, -0.1) is 0 Å². The van der Waals surface area contributed by atoms with Crippen molar-refractivity contribution >= 4 is 17.5 Å². The Morgan fingerprint density at radius 1 is 1.00 bits per heavy atom. The van der Waals surface area contributed by atoms with Crippen molar-refractivity contribution in [3.05, 3.63) is 41.3 Å². The lowest BCUT2D eigenvalue weighted by Gasteiger charge is -2.13. The first kappa shape index (κ1) is 16.8. The quantitative estimate of drug-likeness (QED) is 0.826. The highest BCUT2D eigenvalue weighted by molar-refractivity contribution is 5.59. The number of alkyl halides is 3. The van der Waals surface area contributed by atoms with E-state index in [0.717, 1.165) is 0 Å². The monoisotopic (exact) mass is 336 g/mol. The van der Waals surface area contributed by atoms with Crippen molar-refractivity contribution in [1.29, 1.82) is 0 Å². The average molecular weight is 336 g/mol. The Kier molecular flexibility index (Phi) is 4.62. The molecule has 1 aromatic heterocycles. The SMILES string of the molecule is CCNc1nc(Nc2c(F)cc(F)cc2F)cc(C(F)(F)F)n1. The zero-order valence-electron chi connectivity index (χ0n) is 11.6. The second kappa shape index (κ2) is 6.31. The van der Waals surface area contributed by atoms with Crippen LogP contribution in [0.1, 0.15) is 12.6 Å². The van der Waals surface area contributed by atoms with Gasteiger partial charge in [-0.1, -0.05) is 0 Å². The van der Waals surface area contributed by atoms with Gasteiger partial charge in [0.1, 0.15) is 17.3 Å². The number of anilines is 3. The predicted octanol–water partition coefficient (Wildman–Crippen LogP) is 4.09. The Hall–Kier alpha value is -2.52. The van der Waals surface area contributed by atoms with Crippen LogP contribution in [0, 0.1) is 17.5 Å². The second-order valence-electron chi connectivity index (χ2n) is 4.36. The summed E-state index contributed by atoms with van der Waals surface area (Å²) in [6.45, 7) is 1.84. The number of nitrogens with one attached hydrogen (secondary N) is 2. The molecule has 23 heavy (non-hydrogen) atoms. The van der Waals surface area contributed by atoms with Crippen LogP contribution in [0.4, 0.5) is 43.8 Å². The molecule has 0 saturated heterocycles. The van der Waals surface area contributed by atoms with Crippen LogP contribution in [0.2, 0.25) is 0 Å². The lowest BCUT2D eigenvalue weighted by molar-refractivity contribution is -0.141. The Bertz CT molecular complexity index is 693. The fourth-order valence-electron chi connectivity index (χ4n) is 1.68. The standard InChI is InChI=1S/C13H10F6N4/c1-2-20-12-21-9(13(17,18)19)5-10(23-12)22-11-7(15)3-6(14)4-8(11)16/h3-5H,2H2,1H3,(H2,20,21,22,23). The molecule has 10 heteroatoms. The van der Waals surface area contributed by atoms with E-state index in [4.69, 9.17) is 0 Å². The molecule has 0 saturated carbocycles. The van der Waals surface area contributed by atoms with Crippen LogP contribution in [-0.2, 0) is 6.18 Å². The molecule has 4 nitrogen and oxygen atoms in total. The molecule has 0 fully saturated rings. The molecule has 0 bridgehead atoms. The molecule has 0 amide bonds. The predicted molar refractivity (Wildman–Crippen MR) is 70.8 cm³/mol. The van der Waals surface area contributed by atoms with Gasteiger partial charge in [0.2, 0.25) is 5.95 Å². The van der Waals surface area contributed by atoms with Gasteiger partial charge in [-0.05, 0) is 6.92 Å². The molecule has 2 aromatic rings. The molecule has 0 aliphatic rings. The summed E-state index contributed by atoms with van der Waals surface area (Å²) in [5.74, 6) is -4.63. The minimum absolute atomic E-state index is 0.236. The van der Waals surface area contributed by atoms with Crippen LogP contribution in [0.15, 0.2) is 18.2 Å². The third-order valence-electron chi connectivity index (χ3n) is 2.61. The van der Waals surface area contributed by atoms with Gasteiger partial charge in [-0.2, -0.15) is 18.2 Å². The van der Waals surface area contributed by atoms with E-state index in [1.165, 1.54) is 0 Å². The second-order valence-corrected chi connectivity index (χ2v) is 4.36. The highest BCUT2D eigenvalue weighted by Gasteiger charge is 2.34. The number of nitrogens with zero attached hydrogens (tertiary/aromatic N) is 2. The van der Waals surface area contributed by atoms with E-state index in [-0.39, 0.29) is 12.5 Å². The lowest BCUT2D eigenvalue weighted by Crippen LogP contribution is -2.13. The van der Waals surface area contributed by atoms with Gasteiger partial charge in [-0.25, -0.2) is 18.2 Å². The Morgan fingerprint density at radius 3 is 2.13 bits per heavy atom. The van der Waals surface area contributed by atoms with Crippen molar-refractivity contribution in [1.82, 2.24) is 9.97 Å². The van der Waals surface area contributed by atoms with E-state index in [9.17, 15) is 26.3 Å². The smallest absolute Gasteiger partial charge is 0.354 e. The maximum absolute atomic E-state index is 13.6. The molecule has 0 radical (unpaired) electrons. The van der Waals surface area contributed by atoms with Crippen molar-refractivity contribution < 1.29 is 26.3 Å². The first-order chi connectivity index (χ1) is 10.7. The largest absolute Gasteiger partial charge is 0.433 e. The van der Waals surface area contributed by atoms with Crippen molar-refractivity contribution in [2.75, 3.05) is 17.2 Å². The molecule has 0 atom stereocenters. The number of hydrogen-bond donors (Lipinski definition) is 2. The third-order valence-corrected chi connectivity index (χ3v) is 2.61. The fourth-order valence-corrected chi connectivity index (χ4v) is 1.68. The van der Waals surface area contributed by atoms with Crippen molar-refractivity contribution in [3.63, 3.8) is 0 Å². The zero-order chi connectivity index (χ0) is 17.2. The molecule has 0 spiro atoms. The van der Waals surface area contributed by atoms with Crippen molar-refractivity contribution in [3.8, 4) is 0 Å². The topological polar surface area (TPSA) is 49.8 Å². The normalized spacial score (nSPS) is 11.4. The Labute approximate surface area is 126 Å². The summed E-state index contributed by atoms with van der Waals surface area (Å²) in [6, 6.07) is 1.27. The Balaban J connectivity index is 2.45. The molecule has 1 heterocycles. The molecule has 124 valence electrons. The van der Waals surface area contributed by atoms with E-state index in [0.29, 0.717) is 18.2 Å². The Morgan fingerprint density at radius 2 is 1.61 bits per heavy atom. The highest BCUT2D eigenvalue weighted by Crippen LogP contribution is 2.31. The average Bonchev–Trinajstić information content (AvgIpc) is 2.42. The fraction of sp³-hybridized carbons (Fsp3) is 0.231. The summed E-state index contributed by atoms with van der Waals surface area (Å²) in [4.78, 5) is 6.94. The lowest BCUT2D eigenvalue weighted by atomic mass is 10.2. The molecular weight excluding hydrogens is 326 g/mol. The van der Waals surface area contributed by atoms with Crippen LogP contribution in [0.5, 0.6) is 0 Å². The number of benzene rings is 1. The number of aromatic nitrogens is 2. The van der Waals surface area contributed by atoms with Crippen LogP contribution < -0.4 is 10.6 Å². The summed E-state index contributed by atoms with van der Waals surface area (Å²) in [5, 5.41) is 4.55. The molecule has 0 aliphatic heterocycles.